The smallest absolute Gasteiger partial charge is 0.272 e. The normalized spacial score (nSPS) is 13.3. The van der Waals surface area contributed by atoms with Gasteiger partial charge in [0.2, 0.25) is 0 Å². The fourth-order valence-corrected chi connectivity index (χ4v) is 3.07. The second kappa shape index (κ2) is 7.14. The van der Waals surface area contributed by atoms with Gasteiger partial charge in [0.25, 0.3) is 11.8 Å². The predicted molar refractivity (Wildman–Crippen MR) is 93.0 cm³/mol. The number of carbonyl (C=O) groups excluding carboxylic acids is 2. The first-order valence-corrected chi connectivity index (χ1v) is 8.40. The van der Waals surface area contributed by atoms with E-state index in [1.54, 1.807) is 23.1 Å². The predicted octanol–water partition coefficient (Wildman–Crippen LogP) is 2.02. The zero-order valence-electron chi connectivity index (χ0n) is 14.1. The van der Waals surface area contributed by atoms with E-state index in [1.165, 1.54) is 7.11 Å². The van der Waals surface area contributed by atoms with Gasteiger partial charge in [-0.1, -0.05) is 11.6 Å². The fraction of sp³-hybridized carbons (Fsp3) is 0.353. The van der Waals surface area contributed by atoms with E-state index in [4.69, 9.17) is 16.3 Å². The largest absolute Gasteiger partial charge is 0.496 e. The van der Waals surface area contributed by atoms with Crippen molar-refractivity contribution >= 4 is 23.4 Å². The summed E-state index contributed by atoms with van der Waals surface area (Å²) in [6.07, 6.45) is 0.614. The van der Waals surface area contributed by atoms with Crippen molar-refractivity contribution in [2.45, 2.75) is 19.9 Å². The van der Waals surface area contributed by atoms with E-state index in [1.807, 2.05) is 6.92 Å². The maximum Gasteiger partial charge on any atom is 0.272 e. The lowest BCUT2D eigenvalue weighted by Crippen LogP contribution is -2.37. The maximum atomic E-state index is 12.9. The molecular formula is C17H19ClN4O3. The summed E-state index contributed by atoms with van der Waals surface area (Å²) in [7, 11) is 1.50. The first-order valence-electron chi connectivity index (χ1n) is 8.02. The molecule has 1 aliphatic heterocycles. The average molecular weight is 363 g/mol. The van der Waals surface area contributed by atoms with Gasteiger partial charge in [0, 0.05) is 35.8 Å². The van der Waals surface area contributed by atoms with Crippen molar-refractivity contribution in [1.29, 1.82) is 0 Å². The number of ether oxygens (including phenoxy) is 1. The number of carbonyl (C=O) groups is 2. The molecule has 0 radical (unpaired) electrons. The van der Waals surface area contributed by atoms with Crippen LogP contribution in [0.5, 0.6) is 5.75 Å². The third-order valence-corrected chi connectivity index (χ3v) is 4.40. The van der Waals surface area contributed by atoms with Crippen LogP contribution in [0.15, 0.2) is 18.2 Å². The summed E-state index contributed by atoms with van der Waals surface area (Å²) in [6, 6.07) is 4.92. The minimum absolute atomic E-state index is 0.165. The maximum absolute atomic E-state index is 12.9. The van der Waals surface area contributed by atoms with Crippen molar-refractivity contribution in [1.82, 2.24) is 20.4 Å². The Labute approximate surface area is 150 Å². The molecule has 0 spiro atoms. The van der Waals surface area contributed by atoms with Gasteiger partial charge in [0.05, 0.1) is 19.2 Å². The van der Waals surface area contributed by atoms with E-state index >= 15 is 0 Å². The van der Waals surface area contributed by atoms with Crippen LogP contribution < -0.4 is 10.1 Å². The number of amides is 2. The Bertz CT molecular complexity index is 818. The highest BCUT2D eigenvalue weighted by Crippen LogP contribution is 2.27. The van der Waals surface area contributed by atoms with Crippen LogP contribution in [-0.2, 0) is 13.0 Å². The zero-order valence-corrected chi connectivity index (χ0v) is 14.8. The van der Waals surface area contributed by atoms with Crippen LogP contribution in [0.2, 0.25) is 5.02 Å². The number of rotatable bonds is 4. The van der Waals surface area contributed by atoms with Crippen LogP contribution in [0.3, 0.4) is 0 Å². The van der Waals surface area contributed by atoms with Crippen molar-refractivity contribution < 1.29 is 14.3 Å². The molecule has 8 heteroatoms. The van der Waals surface area contributed by atoms with Crippen molar-refractivity contribution in [3.63, 3.8) is 0 Å². The fourth-order valence-electron chi connectivity index (χ4n) is 2.91. The Kier molecular flexibility index (Phi) is 4.94. The third-order valence-electron chi connectivity index (χ3n) is 4.17. The van der Waals surface area contributed by atoms with Gasteiger partial charge in [-0.2, -0.15) is 5.10 Å². The summed E-state index contributed by atoms with van der Waals surface area (Å²) < 4.78 is 5.27. The number of aromatic amines is 1. The number of aromatic nitrogens is 2. The van der Waals surface area contributed by atoms with E-state index in [0.29, 0.717) is 48.1 Å². The topological polar surface area (TPSA) is 87.3 Å². The summed E-state index contributed by atoms with van der Waals surface area (Å²) in [5.41, 5.74) is 2.45. The van der Waals surface area contributed by atoms with Crippen LogP contribution >= 0.6 is 11.6 Å². The molecule has 7 nitrogen and oxygen atoms in total. The molecular weight excluding hydrogens is 344 g/mol. The molecule has 2 N–H and O–H groups in total. The monoisotopic (exact) mass is 362 g/mol. The number of fused-ring (bicyclic) bond motifs is 1. The molecule has 2 heterocycles. The molecule has 0 aliphatic carbocycles. The Hall–Kier alpha value is -2.54. The average Bonchev–Trinajstić information content (AvgIpc) is 3.04. The number of H-pyrrole nitrogens is 1. The lowest BCUT2D eigenvalue weighted by atomic mass is 10.0. The molecule has 0 unspecified atom stereocenters. The zero-order chi connectivity index (χ0) is 18.0. The molecule has 132 valence electrons. The molecule has 0 atom stereocenters. The van der Waals surface area contributed by atoms with Crippen LogP contribution in [0, 0.1) is 0 Å². The minimum Gasteiger partial charge on any atom is -0.496 e. The molecule has 2 aromatic rings. The van der Waals surface area contributed by atoms with Crippen molar-refractivity contribution in [2.24, 2.45) is 0 Å². The molecule has 0 fully saturated rings. The number of nitrogens with one attached hydrogen (secondary N) is 2. The molecule has 1 aliphatic rings. The summed E-state index contributed by atoms with van der Waals surface area (Å²) in [5.74, 6) is 0.0278. The van der Waals surface area contributed by atoms with Crippen LogP contribution in [0.1, 0.15) is 39.0 Å². The molecule has 1 aromatic heterocycles. The van der Waals surface area contributed by atoms with Gasteiger partial charge in [-0.05, 0) is 25.1 Å². The van der Waals surface area contributed by atoms with Crippen molar-refractivity contribution in [3.8, 4) is 5.75 Å². The number of benzene rings is 1. The van der Waals surface area contributed by atoms with Crippen molar-refractivity contribution in [3.05, 3.63) is 45.7 Å². The molecule has 3 rings (SSSR count). The van der Waals surface area contributed by atoms with Gasteiger partial charge in [-0.3, -0.25) is 14.7 Å². The first kappa shape index (κ1) is 17.3. The summed E-state index contributed by atoms with van der Waals surface area (Å²) in [5, 5.41) is 10.3. The first-order chi connectivity index (χ1) is 12.0. The van der Waals surface area contributed by atoms with Crippen LogP contribution in [-0.4, -0.2) is 47.1 Å². The minimum atomic E-state index is -0.238. The highest BCUT2D eigenvalue weighted by Gasteiger charge is 2.29. The quantitative estimate of drug-likeness (QED) is 0.871. The second-order valence-electron chi connectivity index (χ2n) is 5.71. The SMILES string of the molecule is CCNC(=O)c1n[nH]c2c1CN(C(=O)c1ccc(Cl)cc1OC)CC2. The number of nitrogens with zero attached hydrogens (tertiary/aromatic N) is 2. The highest BCUT2D eigenvalue weighted by molar-refractivity contribution is 6.30. The van der Waals surface area contributed by atoms with Gasteiger partial charge >= 0.3 is 0 Å². The number of hydrogen-bond acceptors (Lipinski definition) is 4. The van der Waals surface area contributed by atoms with Crippen molar-refractivity contribution in [2.75, 3.05) is 20.2 Å². The van der Waals surface area contributed by atoms with E-state index in [2.05, 4.69) is 15.5 Å². The summed E-state index contributed by atoms with van der Waals surface area (Å²) >= 11 is 5.96. The number of hydrogen-bond donors (Lipinski definition) is 2. The van der Waals surface area contributed by atoms with E-state index in [-0.39, 0.29) is 11.8 Å². The molecule has 0 saturated heterocycles. The second-order valence-corrected chi connectivity index (χ2v) is 6.15. The van der Waals surface area contributed by atoms with Gasteiger partial charge in [0.1, 0.15) is 5.75 Å². The summed E-state index contributed by atoms with van der Waals surface area (Å²) in [4.78, 5) is 26.7. The van der Waals surface area contributed by atoms with E-state index < -0.39 is 0 Å². The Balaban J connectivity index is 1.86. The van der Waals surface area contributed by atoms with Gasteiger partial charge in [-0.25, -0.2) is 0 Å². The van der Waals surface area contributed by atoms with E-state index in [0.717, 1.165) is 11.3 Å². The molecule has 2 amide bonds. The molecule has 0 saturated carbocycles. The van der Waals surface area contributed by atoms with Crippen LogP contribution in [0.4, 0.5) is 0 Å². The number of halogens is 1. The Morgan fingerprint density at radius 3 is 2.96 bits per heavy atom. The Morgan fingerprint density at radius 2 is 2.24 bits per heavy atom. The Morgan fingerprint density at radius 1 is 1.44 bits per heavy atom. The lowest BCUT2D eigenvalue weighted by Gasteiger charge is -2.27. The molecule has 25 heavy (non-hydrogen) atoms. The lowest BCUT2D eigenvalue weighted by molar-refractivity contribution is 0.0728. The molecule has 0 bridgehead atoms. The molecule has 1 aromatic carbocycles. The van der Waals surface area contributed by atoms with Gasteiger partial charge in [0.15, 0.2) is 5.69 Å². The van der Waals surface area contributed by atoms with Gasteiger partial charge < -0.3 is 15.0 Å². The highest BCUT2D eigenvalue weighted by atomic mass is 35.5. The third kappa shape index (κ3) is 3.32. The number of methoxy groups -OCH3 is 1. The van der Waals surface area contributed by atoms with Gasteiger partial charge in [-0.15, -0.1) is 0 Å². The summed E-state index contributed by atoms with van der Waals surface area (Å²) in [6.45, 7) is 3.22. The standard InChI is InChI=1S/C17H19ClN4O3/c1-3-19-16(23)15-12-9-22(7-6-13(12)20-21-15)17(24)11-5-4-10(18)8-14(11)25-2/h4-5,8H,3,6-7,9H2,1-2H3,(H,19,23)(H,20,21). The van der Waals surface area contributed by atoms with E-state index in [9.17, 15) is 9.59 Å². The van der Waals surface area contributed by atoms with Crippen LogP contribution in [0.25, 0.3) is 0 Å².